The second-order valence-electron chi connectivity index (χ2n) is 5.28. The molecule has 0 radical (unpaired) electrons. The fourth-order valence-corrected chi connectivity index (χ4v) is 2.46. The van der Waals surface area contributed by atoms with Gasteiger partial charge in [0.1, 0.15) is 11.6 Å². The number of anilines is 1. The van der Waals surface area contributed by atoms with Crippen molar-refractivity contribution < 1.29 is 13.9 Å². The molecule has 0 spiro atoms. The lowest BCUT2D eigenvalue weighted by atomic mass is 10.2. The number of benzene rings is 1. The number of carbonyl (C=O) groups excluding carboxylic acids is 1. The van der Waals surface area contributed by atoms with Gasteiger partial charge in [-0.1, -0.05) is 12.1 Å². The first-order valence-electron chi connectivity index (χ1n) is 7.54. The average Bonchev–Trinajstić information content (AvgIpc) is 2.61. The first kappa shape index (κ1) is 15.4. The van der Waals surface area contributed by atoms with Crippen LogP contribution in [0.3, 0.4) is 0 Å². The Morgan fingerprint density at radius 3 is 2.83 bits per heavy atom. The highest BCUT2D eigenvalue weighted by molar-refractivity contribution is 5.94. The number of hydrogen-bond donors (Lipinski definition) is 1. The van der Waals surface area contributed by atoms with E-state index in [-0.39, 0.29) is 5.56 Å². The number of hydrogen-bond acceptors (Lipinski definition) is 4. The first-order valence-corrected chi connectivity index (χ1v) is 7.54. The summed E-state index contributed by atoms with van der Waals surface area (Å²) in [7, 11) is 0. The predicted octanol–water partition coefficient (Wildman–Crippen LogP) is 1.99. The Labute approximate surface area is 134 Å². The Balaban J connectivity index is 1.64. The van der Waals surface area contributed by atoms with Crippen LogP contribution in [0.15, 0.2) is 42.6 Å². The number of rotatable bonds is 4. The summed E-state index contributed by atoms with van der Waals surface area (Å²) in [6.07, 6.45) is 1.72. The minimum atomic E-state index is -0.520. The van der Waals surface area contributed by atoms with Crippen LogP contribution in [0.4, 0.5) is 10.2 Å². The number of morpholine rings is 1. The molecule has 3 rings (SSSR count). The van der Waals surface area contributed by atoms with E-state index >= 15 is 0 Å². The molecule has 0 aliphatic carbocycles. The van der Waals surface area contributed by atoms with Crippen molar-refractivity contribution in [3.05, 3.63) is 59.5 Å². The minimum absolute atomic E-state index is 0.0509. The van der Waals surface area contributed by atoms with Crippen LogP contribution in [-0.4, -0.2) is 37.2 Å². The molecule has 23 heavy (non-hydrogen) atoms. The lowest BCUT2D eigenvalue weighted by Crippen LogP contribution is -2.36. The van der Waals surface area contributed by atoms with Gasteiger partial charge in [-0.2, -0.15) is 0 Å². The van der Waals surface area contributed by atoms with E-state index in [4.69, 9.17) is 4.74 Å². The Morgan fingerprint density at radius 1 is 1.26 bits per heavy atom. The molecule has 6 heteroatoms. The fraction of sp³-hybridized carbons (Fsp3) is 0.294. The molecule has 0 bridgehead atoms. The van der Waals surface area contributed by atoms with Crippen LogP contribution >= 0.6 is 0 Å². The van der Waals surface area contributed by atoms with Gasteiger partial charge in [0.2, 0.25) is 0 Å². The first-order chi connectivity index (χ1) is 11.2. The molecule has 0 saturated carbocycles. The third-order valence-corrected chi connectivity index (χ3v) is 3.72. The van der Waals surface area contributed by atoms with Gasteiger partial charge in [0.05, 0.1) is 18.8 Å². The fourth-order valence-electron chi connectivity index (χ4n) is 2.46. The number of pyridine rings is 1. The van der Waals surface area contributed by atoms with E-state index in [1.807, 2.05) is 12.1 Å². The number of ether oxygens (including phenoxy) is 1. The van der Waals surface area contributed by atoms with Gasteiger partial charge in [0.15, 0.2) is 0 Å². The van der Waals surface area contributed by atoms with Gasteiger partial charge in [-0.05, 0) is 29.8 Å². The molecule has 0 unspecified atom stereocenters. The Morgan fingerprint density at radius 2 is 2.04 bits per heavy atom. The van der Waals surface area contributed by atoms with Crippen molar-refractivity contribution >= 4 is 11.7 Å². The van der Waals surface area contributed by atoms with E-state index < -0.39 is 11.7 Å². The van der Waals surface area contributed by atoms with E-state index in [0.29, 0.717) is 19.8 Å². The summed E-state index contributed by atoms with van der Waals surface area (Å²) in [6, 6.07) is 9.72. The van der Waals surface area contributed by atoms with Crippen molar-refractivity contribution in [3.8, 4) is 0 Å². The summed E-state index contributed by atoms with van der Waals surface area (Å²) in [5.41, 5.74) is 0.973. The molecule has 1 N–H and O–H groups in total. The summed E-state index contributed by atoms with van der Waals surface area (Å²) >= 11 is 0. The van der Waals surface area contributed by atoms with Crippen LogP contribution in [0.1, 0.15) is 15.9 Å². The minimum Gasteiger partial charge on any atom is -0.378 e. The van der Waals surface area contributed by atoms with Gasteiger partial charge in [0.25, 0.3) is 5.91 Å². The van der Waals surface area contributed by atoms with Crippen LogP contribution in [0.25, 0.3) is 0 Å². The van der Waals surface area contributed by atoms with Crippen molar-refractivity contribution in [2.45, 2.75) is 6.54 Å². The smallest absolute Gasteiger partial charge is 0.254 e. The van der Waals surface area contributed by atoms with Crippen LogP contribution in [0.5, 0.6) is 0 Å². The molecule has 1 fully saturated rings. The van der Waals surface area contributed by atoms with E-state index in [1.54, 1.807) is 18.3 Å². The Kier molecular flexibility index (Phi) is 4.83. The molecule has 1 aromatic heterocycles. The maximum absolute atomic E-state index is 13.6. The van der Waals surface area contributed by atoms with E-state index in [1.165, 1.54) is 12.1 Å². The molecule has 120 valence electrons. The summed E-state index contributed by atoms with van der Waals surface area (Å²) in [5.74, 6) is -0.0764. The molecular weight excluding hydrogens is 297 g/mol. The van der Waals surface area contributed by atoms with Gasteiger partial charge < -0.3 is 15.0 Å². The van der Waals surface area contributed by atoms with Gasteiger partial charge in [-0.3, -0.25) is 4.79 Å². The van der Waals surface area contributed by atoms with Gasteiger partial charge in [-0.15, -0.1) is 0 Å². The van der Waals surface area contributed by atoms with E-state index in [9.17, 15) is 9.18 Å². The molecule has 0 atom stereocenters. The normalized spacial score (nSPS) is 14.6. The molecule has 1 aliphatic heterocycles. The molecule has 1 saturated heterocycles. The summed E-state index contributed by atoms with van der Waals surface area (Å²) in [5, 5.41) is 2.74. The molecule has 1 amide bonds. The predicted molar refractivity (Wildman–Crippen MR) is 84.8 cm³/mol. The largest absolute Gasteiger partial charge is 0.378 e. The zero-order valence-electron chi connectivity index (χ0n) is 12.7. The SMILES string of the molecule is O=C(NCc1ccnc(N2CCOCC2)c1)c1ccccc1F. The lowest BCUT2D eigenvalue weighted by Gasteiger charge is -2.28. The van der Waals surface area contributed by atoms with E-state index in [0.717, 1.165) is 24.5 Å². The number of carbonyl (C=O) groups is 1. The average molecular weight is 315 g/mol. The zero-order chi connectivity index (χ0) is 16.1. The highest BCUT2D eigenvalue weighted by atomic mass is 19.1. The summed E-state index contributed by atoms with van der Waals surface area (Å²) in [4.78, 5) is 18.5. The second-order valence-corrected chi connectivity index (χ2v) is 5.28. The molecular formula is C17H18FN3O2. The molecule has 5 nitrogen and oxygen atoms in total. The number of halogens is 1. The number of amides is 1. The maximum atomic E-state index is 13.6. The molecule has 2 aromatic rings. The van der Waals surface area contributed by atoms with Crippen LogP contribution in [0, 0.1) is 5.82 Å². The monoisotopic (exact) mass is 315 g/mol. The number of nitrogens with zero attached hydrogens (tertiary/aromatic N) is 2. The van der Waals surface area contributed by atoms with Gasteiger partial charge in [-0.25, -0.2) is 9.37 Å². The Bertz CT molecular complexity index is 687. The maximum Gasteiger partial charge on any atom is 0.254 e. The molecule has 1 aromatic carbocycles. The van der Waals surface area contributed by atoms with Crippen LogP contribution < -0.4 is 10.2 Å². The van der Waals surface area contributed by atoms with Crippen molar-refractivity contribution in [2.75, 3.05) is 31.2 Å². The van der Waals surface area contributed by atoms with Gasteiger partial charge in [0, 0.05) is 25.8 Å². The lowest BCUT2D eigenvalue weighted by molar-refractivity contribution is 0.0947. The quantitative estimate of drug-likeness (QED) is 0.937. The van der Waals surface area contributed by atoms with Crippen molar-refractivity contribution in [3.63, 3.8) is 0 Å². The third kappa shape index (κ3) is 3.84. The molecule has 2 heterocycles. The van der Waals surface area contributed by atoms with Crippen molar-refractivity contribution in [1.82, 2.24) is 10.3 Å². The van der Waals surface area contributed by atoms with Crippen LogP contribution in [-0.2, 0) is 11.3 Å². The summed E-state index contributed by atoms with van der Waals surface area (Å²) < 4.78 is 18.9. The van der Waals surface area contributed by atoms with E-state index in [2.05, 4.69) is 15.2 Å². The second kappa shape index (κ2) is 7.19. The topological polar surface area (TPSA) is 54.5 Å². The van der Waals surface area contributed by atoms with Crippen molar-refractivity contribution in [2.24, 2.45) is 0 Å². The standard InChI is InChI=1S/C17H18FN3O2/c18-15-4-2-1-3-14(15)17(22)20-12-13-5-6-19-16(11-13)21-7-9-23-10-8-21/h1-6,11H,7-10,12H2,(H,20,22). The Hall–Kier alpha value is -2.47. The highest BCUT2D eigenvalue weighted by Crippen LogP contribution is 2.14. The van der Waals surface area contributed by atoms with Crippen LogP contribution in [0.2, 0.25) is 0 Å². The highest BCUT2D eigenvalue weighted by Gasteiger charge is 2.13. The number of nitrogens with one attached hydrogen (secondary N) is 1. The zero-order valence-corrected chi connectivity index (χ0v) is 12.7. The number of aromatic nitrogens is 1. The third-order valence-electron chi connectivity index (χ3n) is 3.72. The van der Waals surface area contributed by atoms with Gasteiger partial charge >= 0.3 is 0 Å². The van der Waals surface area contributed by atoms with Crippen molar-refractivity contribution in [1.29, 1.82) is 0 Å². The molecule has 1 aliphatic rings. The summed E-state index contributed by atoms with van der Waals surface area (Å²) in [6.45, 7) is 3.31.